The van der Waals surface area contributed by atoms with Crippen molar-refractivity contribution < 1.29 is 0 Å². The lowest BCUT2D eigenvalue weighted by Crippen LogP contribution is -2.01. The normalized spacial score (nSPS) is 11.3. The van der Waals surface area contributed by atoms with Gasteiger partial charge in [-0.25, -0.2) is 9.97 Å². The fraction of sp³-hybridized carbons (Fsp3) is 0. The molecular formula is C66H40N6. The predicted octanol–water partition coefficient (Wildman–Crippen LogP) is 16.4. The van der Waals surface area contributed by atoms with Gasteiger partial charge >= 0.3 is 0 Å². The number of nitriles is 2. The minimum Gasteiger partial charge on any atom is -0.309 e. The van der Waals surface area contributed by atoms with Crippen LogP contribution in [0.4, 0.5) is 0 Å². The van der Waals surface area contributed by atoms with Gasteiger partial charge in [-0.05, 0) is 113 Å². The highest BCUT2D eigenvalue weighted by atomic mass is 15.0. The maximum absolute atomic E-state index is 10.2. The van der Waals surface area contributed by atoms with E-state index in [2.05, 4.69) is 179 Å². The van der Waals surface area contributed by atoms with Crippen molar-refractivity contribution in [1.82, 2.24) is 19.1 Å². The molecule has 10 aromatic carbocycles. The van der Waals surface area contributed by atoms with Crippen LogP contribution in [-0.4, -0.2) is 19.1 Å². The predicted molar refractivity (Wildman–Crippen MR) is 293 cm³/mol. The number of aromatic nitrogens is 4. The third kappa shape index (κ3) is 7.10. The zero-order valence-electron chi connectivity index (χ0n) is 38.8. The first-order valence-electron chi connectivity index (χ1n) is 23.9. The van der Waals surface area contributed by atoms with Crippen molar-refractivity contribution in [2.24, 2.45) is 0 Å². The number of rotatable bonds is 8. The average molecular weight is 917 g/mol. The molecule has 334 valence electrons. The first kappa shape index (κ1) is 42.0. The Hall–Kier alpha value is -10.1. The highest BCUT2D eigenvalue weighted by Crippen LogP contribution is 2.43. The average Bonchev–Trinajstić information content (AvgIpc) is 3.97. The van der Waals surface area contributed by atoms with Gasteiger partial charge in [0.05, 0.1) is 62.4 Å². The molecule has 0 unspecified atom stereocenters. The quantitative estimate of drug-likeness (QED) is 0.152. The minimum absolute atomic E-state index is 0.610. The van der Waals surface area contributed by atoms with Gasteiger partial charge in [0, 0.05) is 49.5 Å². The van der Waals surface area contributed by atoms with Crippen LogP contribution in [0.3, 0.4) is 0 Å². The van der Waals surface area contributed by atoms with Crippen LogP contribution in [0.1, 0.15) is 11.1 Å². The molecule has 0 spiro atoms. The molecule has 6 heteroatoms. The maximum Gasteiger partial charge on any atom is 0.160 e. The number of para-hydroxylation sites is 2. The second kappa shape index (κ2) is 17.4. The number of hydrogen-bond donors (Lipinski definition) is 0. The molecule has 72 heavy (non-hydrogen) atoms. The molecule has 0 atom stereocenters. The largest absolute Gasteiger partial charge is 0.309 e. The van der Waals surface area contributed by atoms with Crippen molar-refractivity contribution in [3.8, 4) is 90.8 Å². The molecule has 0 bridgehead atoms. The van der Waals surface area contributed by atoms with Gasteiger partial charge in [-0.3, -0.25) is 0 Å². The van der Waals surface area contributed by atoms with Crippen LogP contribution in [0.15, 0.2) is 243 Å². The molecule has 0 aliphatic carbocycles. The van der Waals surface area contributed by atoms with E-state index in [1.807, 2.05) is 84.9 Å². The van der Waals surface area contributed by atoms with Gasteiger partial charge in [0.15, 0.2) is 5.82 Å². The van der Waals surface area contributed by atoms with Crippen molar-refractivity contribution in [3.05, 3.63) is 254 Å². The fourth-order valence-corrected chi connectivity index (χ4v) is 10.5. The molecule has 0 fully saturated rings. The van der Waals surface area contributed by atoms with E-state index in [4.69, 9.17) is 9.97 Å². The molecule has 0 aliphatic rings. The summed E-state index contributed by atoms with van der Waals surface area (Å²) in [6, 6.07) is 88.5. The van der Waals surface area contributed by atoms with Crippen LogP contribution < -0.4 is 0 Å². The molecule has 0 amide bonds. The van der Waals surface area contributed by atoms with Crippen molar-refractivity contribution in [1.29, 1.82) is 10.5 Å². The fourth-order valence-electron chi connectivity index (χ4n) is 10.5. The van der Waals surface area contributed by atoms with E-state index in [1.165, 1.54) is 10.8 Å². The molecule has 13 aromatic rings. The number of fused-ring (bicyclic) bond motifs is 6. The monoisotopic (exact) mass is 916 g/mol. The van der Waals surface area contributed by atoms with Crippen molar-refractivity contribution in [3.63, 3.8) is 0 Å². The van der Waals surface area contributed by atoms with Gasteiger partial charge in [-0.15, -0.1) is 0 Å². The summed E-state index contributed by atoms with van der Waals surface area (Å²) in [4.78, 5) is 10.6. The smallest absolute Gasteiger partial charge is 0.160 e. The first-order chi connectivity index (χ1) is 35.6. The standard InChI is InChI=1S/C66H40N6/c67-41-49-20-7-9-24-52(49)46-30-33-64-57(37-46)58-38-47(53-25-10-8-21-50(53)42-68)31-34-65(58)72(64)63-35-32-48(66-69-59(43-16-3-1-4-17-43)40-60(70-66)44-18-5-2-6-19-44)39-56(63)45-22-15-23-51(36-45)71-61-28-13-11-26-54(61)55-27-12-14-29-62(55)71/h1-40H. The molecule has 3 aromatic heterocycles. The Morgan fingerprint density at radius 2 is 0.764 bits per heavy atom. The lowest BCUT2D eigenvalue weighted by atomic mass is 9.96. The first-order valence-corrected chi connectivity index (χ1v) is 23.9. The lowest BCUT2D eigenvalue weighted by Gasteiger charge is -2.18. The van der Waals surface area contributed by atoms with Crippen LogP contribution in [0.25, 0.3) is 122 Å². The van der Waals surface area contributed by atoms with Crippen molar-refractivity contribution >= 4 is 43.6 Å². The molecule has 3 heterocycles. The Labute approximate surface area is 415 Å². The molecule has 0 N–H and O–H groups in total. The molecule has 0 radical (unpaired) electrons. The second-order valence-corrected chi connectivity index (χ2v) is 18.0. The van der Waals surface area contributed by atoms with Crippen molar-refractivity contribution in [2.45, 2.75) is 0 Å². The Morgan fingerprint density at radius 3 is 1.32 bits per heavy atom. The van der Waals surface area contributed by atoms with E-state index in [0.717, 1.165) is 106 Å². The van der Waals surface area contributed by atoms with Gasteiger partial charge in [-0.1, -0.05) is 158 Å². The highest BCUT2D eigenvalue weighted by molar-refractivity contribution is 6.13. The zero-order valence-corrected chi connectivity index (χ0v) is 38.8. The molecule has 13 rings (SSSR count). The van der Waals surface area contributed by atoms with E-state index in [9.17, 15) is 10.5 Å². The lowest BCUT2D eigenvalue weighted by molar-refractivity contribution is 1.16. The third-order valence-corrected chi connectivity index (χ3v) is 13.8. The summed E-state index contributed by atoms with van der Waals surface area (Å²) >= 11 is 0. The van der Waals surface area contributed by atoms with E-state index in [1.54, 1.807) is 0 Å². The summed E-state index contributed by atoms with van der Waals surface area (Å²) in [7, 11) is 0. The van der Waals surface area contributed by atoms with Crippen LogP contribution in [0.2, 0.25) is 0 Å². The summed E-state index contributed by atoms with van der Waals surface area (Å²) in [6.45, 7) is 0. The SMILES string of the molecule is N#Cc1ccccc1-c1ccc2c(c1)c1cc(-c3ccccc3C#N)ccc1n2-c1ccc(-c2nc(-c3ccccc3)cc(-c3ccccc3)n2)cc1-c1cccc(-n2c3ccccc3c3ccccc32)c1. The van der Waals surface area contributed by atoms with E-state index < -0.39 is 0 Å². The van der Waals surface area contributed by atoms with E-state index in [0.29, 0.717) is 17.0 Å². The summed E-state index contributed by atoms with van der Waals surface area (Å²) in [5.41, 5.74) is 17.7. The molecule has 6 nitrogen and oxygen atoms in total. The Balaban J connectivity index is 1.09. The number of nitrogens with zero attached hydrogens (tertiary/aromatic N) is 6. The molecule has 0 aliphatic heterocycles. The van der Waals surface area contributed by atoms with Crippen LogP contribution in [0.5, 0.6) is 0 Å². The summed E-state index contributed by atoms with van der Waals surface area (Å²) in [5.74, 6) is 0.616. The Kier molecular flexibility index (Phi) is 10.2. The highest BCUT2D eigenvalue weighted by Gasteiger charge is 2.22. The molecule has 0 saturated carbocycles. The van der Waals surface area contributed by atoms with Gasteiger partial charge < -0.3 is 9.13 Å². The van der Waals surface area contributed by atoms with Gasteiger partial charge in [-0.2, -0.15) is 10.5 Å². The van der Waals surface area contributed by atoms with Crippen LogP contribution in [0, 0.1) is 22.7 Å². The zero-order chi connectivity index (χ0) is 48.1. The molecule has 0 saturated heterocycles. The Morgan fingerprint density at radius 1 is 0.306 bits per heavy atom. The maximum atomic E-state index is 10.2. The van der Waals surface area contributed by atoms with E-state index in [-0.39, 0.29) is 0 Å². The van der Waals surface area contributed by atoms with Gasteiger partial charge in [0.1, 0.15) is 0 Å². The second-order valence-electron chi connectivity index (χ2n) is 18.0. The van der Waals surface area contributed by atoms with Gasteiger partial charge in [0.25, 0.3) is 0 Å². The summed E-state index contributed by atoms with van der Waals surface area (Å²) in [6.07, 6.45) is 0. The third-order valence-electron chi connectivity index (χ3n) is 13.8. The topological polar surface area (TPSA) is 83.2 Å². The Bertz CT molecular complexity index is 4130. The van der Waals surface area contributed by atoms with E-state index >= 15 is 0 Å². The van der Waals surface area contributed by atoms with Crippen LogP contribution >= 0.6 is 0 Å². The van der Waals surface area contributed by atoms with Crippen LogP contribution in [-0.2, 0) is 0 Å². The minimum atomic E-state index is 0.610. The van der Waals surface area contributed by atoms with Crippen molar-refractivity contribution in [2.75, 3.05) is 0 Å². The summed E-state index contributed by atoms with van der Waals surface area (Å²) in [5, 5.41) is 24.9. The number of benzene rings is 10. The summed E-state index contributed by atoms with van der Waals surface area (Å²) < 4.78 is 4.71. The molecular weight excluding hydrogens is 877 g/mol. The van der Waals surface area contributed by atoms with Gasteiger partial charge in [0.2, 0.25) is 0 Å². The number of hydrogen-bond acceptors (Lipinski definition) is 4.